The first-order chi connectivity index (χ1) is 11.5. The van der Waals surface area contributed by atoms with Gasteiger partial charge >= 0.3 is 0 Å². The van der Waals surface area contributed by atoms with Crippen molar-refractivity contribution in [3.63, 3.8) is 0 Å². The average molecular weight is 348 g/mol. The highest BCUT2D eigenvalue weighted by Crippen LogP contribution is 2.29. The van der Waals surface area contributed by atoms with E-state index in [-0.39, 0.29) is 29.5 Å². The molecule has 1 saturated heterocycles. The van der Waals surface area contributed by atoms with Gasteiger partial charge in [0.05, 0.1) is 10.9 Å². The third-order valence-electron chi connectivity index (χ3n) is 4.41. The molecular weight excluding hydrogens is 330 g/mol. The van der Waals surface area contributed by atoms with Crippen molar-refractivity contribution in [2.24, 2.45) is 11.7 Å². The first kappa shape index (κ1) is 16.5. The van der Waals surface area contributed by atoms with Crippen molar-refractivity contribution in [1.82, 2.24) is 10.1 Å². The summed E-state index contributed by atoms with van der Waals surface area (Å²) in [6.07, 6.45) is 1.43. The summed E-state index contributed by atoms with van der Waals surface area (Å²) in [5.74, 6) is -0.535. The molecule has 2 N–H and O–H groups in total. The maximum Gasteiger partial charge on any atom is 0.276 e. The van der Waals surface area contributed by atoms with Gasteiger partial charge in [0.25, 0.3) is 5.91 Å². The van der Waals surface area contributed by atoms with Gasteiger partial charge in [-0.15, -0.1) is 0 Å². The first-order valence-corrected chi connectivity index (χ1v) is 8.17. The van der Waals surface area contributed by atoms with Crippen molar-refractivity contribution in [2.45, 2.75) is 25.8 Å². The summed E-state index contributed by atoms with van der Waals surface area (Å²) in [6.45, 7) is 2.26. The predicted octanol–water partition coefficient (Wildman–Crippen LogP) is 2.72. The van der Waals surface area contributed by atoms with E-state index < -0.39 is 0 Å². The van der Waals surface area contributed by atoms with Crippen LogP contribution in [0.4, 0.5) is 0 Å². The number of carbonyl (C=O) groups excluding carboxylic acids is 2. The number of likely N-dealkylation sites (tertiary alicyclic amines) is 1. The largest absolute Gasteiger partial charge is 0.369 e. The van der Waals surface area contributed by atoms with Crippen molar-refractivity contribution in [3.05, 3.63) is 41.0 Å². The van der Waals surface area contributed by atoms with Gasteiger partial charge < -0.3 is 15.2 Å². The Morgan fingerprint density at radius 1 is 1.33 bits per heavy atom. The second kappa shape index (κ2) is 6.65. The van der Waals surface area contributed by atoms with E-state index in [9.17, 15) is 9.59 Å². The van der Waals surface area contributed by atoms with Crippen molar-refractivity contribution in [3.8, 4) is 11.3 Å². The SMILES string of the molecule is CC1CCC(C(N)=O)CN1C(=O)c1cc(-c2ccccc2Cl)on1. The third kappa shape index (κ3) is 3.14. The fourth-order valence-electron chi connectivity index (χ4n) is 2.93. The first-order valence-electron chi connectivity index (χ1n) is 7.79. The van der Waals surface area contributed by atoms with Gasteiger partial charge in [-0.05, 0) is 31.9 Å². The molecule has 1 aliphatic rings. The molecule has 1 aromatic heterocycles. The number of nitrogens with zero attached hydrogens (tertiary/aromatic N) is 2. The number of carbonyl (C=O) groups is 2. The second-order valence-corrected chi connectivity index (χ2v) is 6.45. The van der Waals surface area contributed by atoms with E-state index in [1.807, 2.05) is 19.1 Å². The van der Waals surface area contributed by atoms with E-state index >= 15 is 0 Å². The lowest BCUT2D eigenvalue weighted by molar-refractivity contribution is -0.123. The van der Waals surface area contributed by atoms with Crippen LogP contribution in [0.3, 0.4) is 0 Å². The topological polar surface area (TPSA) is 89.4 Å². The van der Waals surface area contributed by atoms with Gasteiger partial charge in [-0.25, -0.2) is 0 Å². The molecule has 2 unspecified atom stereocenters. The van der Waals surface area contributed by atoms with E-state index in [1.165, 1.54) is 0 Å². The molecule has 2 aromatic rings. The Morgan fingerprint density at radius 3 is 2.79 bits per heavy atom. The van der Waals surface area contributed by atoms with Gasteiger partial charge in [0, 0.05) is 24.2 Å². The molecule has 1 aliphatic heterocycles. The van der Waals surface area contributed by atoms with Crippen LogP contribution in [0.1, 0.15) is 30.3 Å². The van der Waals surface area contributed by atoms with Crippen molar-refractivity contribution in [2.75, 3.05) is 6.54 Å². The molecule has 24 heavy (non-hydrogen) atoms. The summed E-state index contributed by atoms with van der Waals surface area (Å²) < 4.78 is 5.28. The number of hydrogen-bond acceptors (Lipinski definition) is 4. The highest BCUT2D eigenvalue weighted by Gasteiger charge is 2.33. The van der Waals surface area contributed by atoms with Crippen LogP contribution >= 0.6 is 11.6 Å². The molecule has 0 radical (unpaired) electrons. The van der Waals surface area contributed by atoms with E-state index in [0.717, 1.165) is 6.42 Å². The normalized spacial score (nSPS) is 20.8. The van der Waals surface area contributed by atoms with Crippen LogP contribution in [0, 0.1) is 5.92 Å². The van der Waals surface area contributed by atoms with Crippen molar-refractivity contribution in [1.29, 1.82) is 0 Å². The van der Waals surface area contributed by atoms with Crippen LogP contribution < -0.4 is 5.73 Å². The fraction of sp³-hybridized carbons (Fsp3) is 0.353. The zero-order chi connectivity index (χ0) is 17.3. The molecule has 2 heterocycles. The minimum Gasteiger partial charge on any atom is -0.369 e. The Hall–Kier alpha value is -2.34. The summed E-state index contributed by atoms with van der Waals surface area (Å²) in [7, 11) is 0. The van der Waals surface area contributed by atoms with Crippen LogP contribution in [0.2, 0.25) is 5.02 Å². The van der Waals surface area contributed by atoms with Crippen molar-refractivity contribution >= 4 is 23.4 Å². The number of halogens is 1. The maximum absolute atomic E-state index is 12.7. The molecule has 0 bridgehead atoms. The number of piperidine rings is 1. The van der Waals surface area contributed by atoms with Crippen LogP contribution in [0.5, 0.6) is 0 Å². The van der Waals surface area contributed by atoms with E-state index in [0.29, 0.717) is 29.3 Å². The van der Waals surface area contributed by atoms with Gasteiger partial charge in [-0.2, -0.15) is 0 Å². The lowest BCUT2D eigenvalue weighted by Gasteiger charge is -2.36. The minimum atomic E-state index is -0.378. The highest BCUT2D eigenvalue weighted by atomic mass is 35.5. The van der Waals surface area contributed by atoms with Gasteiger partial charge in [-0.1, -0.05) is 28.9 Å². The summed E-state index contributed by atoms with van der Waals surface area (Å²) in [5, 5.41) is 4.39. The molecule has 3 rings (SSSR count). The van der Waals surface area contributed by atoms with Crippen LogP contribution in [-0.2, 0) is 4.79 Å². The summed E-state index contributed by atoms with van der Waals surface area (Å²) in [5.41, 5.74) is 6.25. The predicted molar refractivity (Wildman–Crippen MR) is 89.4 cm³/mol. The zero-order valence-corrected chi connectivity index (χ0v) is 14.0. The minimum absolute atomic E-state index is 0.0218. The van der Waals surface area contributed by atoms with E-state index in [2.05, 4.69) is 5.16 Å². The van der Waals surface area contributed by atoms with Gasteiger partial charge in [0.1, 0.15) is 0 Å². The smallest absolute Gasteiger partial charge is 0.276 e. The Bertz CT molecular complexity index is 774. The van der Waals surface area contributed by atoms with Crippen LogP contribution in [0.25, 0.3) is 11.3 Å². The molecule has 2 amide bonds. The van der Waals surface area contributed by atoms with Gasteiger partial charge in [0.2, 0.25) is 5.91 Å². The van der Waals surface area contributed by atoms with Crippen LogP contribution in [0.15, 0.2) is 34.9 Å². The molecule has 6 nitrogen and oxygen atoms in total. The Kier molecular flexibility index (Phi) is 4.57. The molecule has 1 aromatic carbocycles. The average Bonchev–Trinajstić information content (AvgIpc) is 3.04. The maximum atomic E-state index is 12.7. The van der Waals surface area contributed by atoms with Crippen LogP contribution in [-0.4, -0.2) is 34.5 Å². The Balaban J connectivity index is 1.83. The van der Waals surface area contributed by atoms with E-state index in [4.69, 9.17) is 21.9 Å². The number of nitrogens with two attached hydrogens (primary N) is 1. The fourth-order valence-corrected chi connectivity index (χ4v) is 3.16. The summed E-state index contributed by atoms with van der Waals surface area (Å²) >= 11 is 6.14. The molecule has 7 heteroatoms. The molecule has 1 fully saturated rings. The molecule has 2 atom stereocenters. The lowest BCUT2D eigenvalue weighted by atomic mass is 9.92. The van der Waals surface area contributed by atoms with Gasteiger partial charge in [0.15, 0.2) is 11.5 Å². The van der Waals surface area contributed by atoms with E-state index in [1.54, 1.807) is 23.1 Å². The standard InChI is InChI=1S/C17H18ClN3O3/c1-10-6-7-11(16(19)22)9-21(10)17(23)14-8-15(24-20-14)12-4-2-3-5-13(12)18/h2-5,8,10-11H,6-7,9H2,1H3,(H2,19,22). The van der Waals surface area contributed by atoms with Gasteiger partial charge in [-0.3, -0.25) is 9.59 Å². The number of hydrogen-bond donors (Lipinski definition) is 1. The lowest BCUT2D eigenvalue weighted by Crippen LogP contribution is -2.48. The number of primary amides is 1. The quantitative estimate of drug-likeness (QED) is 0.924. The number of benzene rings is 1. The zero-order valence-electron chi connectivity index (χ0n) is 13.2. The molecule has 126 valence electrons. The summed E-state index contributed by atoms with van der Waals surface area (Å²) in [4.78, 5) is 25.8. The molecule has 0 saturated carbocycles. The Labute approximate surface area is 144 Å². The second-order valence-electron chi connectivity index (χ2n) is 6.04. The molecule has 0 aliphatic carbocycles. The highest BCUT2D eigenvalue weighted by molar-refractivity contribution is 6.33. The summed E-state index contributed by atoms with van der Waals surface area (Å²) in [6, 6.07) is 8.77. The Morgan fingerprint density at radius 2 is 2.08 bits per heavy atom. The third-order valence-corrected chi connectivity index (χ3v) is 4.74. The number of aromatic nitrogens is 1. The molecular formula is C17H18ClN3O3. The van der Waals surface area contributed by atoms with Crippen molar-refractivity contribution < 1.29 is 14.1 Å². The molecule has 0 spiro atoms. The number of amides is 2. The monoisotopic (exact) mass is 347 g/mol. The number of rotatable bonds is 3.